The van der Waals surface area contributed by atoms with Crippen molar-refractivity contribution in [3.8, 4) is 0 Å². The van der Waals surface area contributed by atoms with Gasteiger partial charge in [0.1, 0.15) is 0 Å². The molecule has 88 valence electrons. The van der Waals surface area contributed by atoms with Crippen molar-refractivity contribution in [3.63, 3.8) is 0 Å². The molecular weight excluding hydrogens is 210 g/mol. The number of hydrogen-bond donors (Lipinski definition) is 1. The van der Waals surface area contributed by atoms with Crippen molar-refractivity contribution in [3.05, 3.63) is 0 Å². The highest BCUT2D eigenvalue weighted by Gasteiger charge is 2.27. The van der Waals surface area contributed by atoms with E-state index in [0.717, 1.165) is 6.54 Å². The van der Waals surface area contributed by atoms with E-state index in [1.54, 1.807) is 11.8 Å². The van der Waals surface area contributed by atoms with E-state index in [1.807, 2.05) is 0 Å². The van der Waals surface area contributed by atoms with Gasteiger partial charge in [0, 0.05) is 11.3 Å². The van der Waals surface area contributed by atoms with E-state index < -0.39 is 0 Å². The largest absolute Gasteiger partial charge is 0.468 e. The number of hydrogen-bond acceptors (Lipinski definition) is 4. The molecule has 2 atom stereocenters. The summed E-state index contributed by atoms with van der Waals surface area (Å²) >= 11 is 1.74. The number of thioether (sulfide) groups is 1. The maximum Gasteiger partial charge on any atom is 0.315 e. The second-order valence-electron chi connectivity index (χ2n) is 3.92. The molecule has 1 aliphatic carbocycles. The zero-order valence-electron chi connectivity index (χ0n) is 9.62. The van der Waals surface area contributed by atoms with Crippen molar-refractivity contribution in [2.75, 3.05) is 19.4 Å². The third-order valence-corrected chi connectivity index (χ3v) is 4.15. The van der Waals surface area contributed by atoms with Crippen molar-refractivity contribution in [1.29, 1.82) is 0 Å². The summed E-state index contributed by atoms with van der Waals surface area (Å²) in [6.07, 6.45) is 4.92. The first-order valence-electron chi connectivity index (χ1n) is 5.69. The zero-order valence-corrected chi connectivity index (χ0v) is 10.4. The minimum atomic E-state index is -0.110. The van der Waals surface area contributed by atoms with Crippen LogP contribution >= 0.6 is 11.8 Å². The van der Waals surface area contributed by atoms with Crippen LogP contribution in [0.1, 0.15) is 32.6 Å². The second-order valence-corrected chi connectivity index (χ2v) is 5.14. The normalized spacial score (nSPS) is 25.5. The van der Waals surface area contributed by atoms with Gasteiger partial charge in [-0.1, -0.05) is 13.3 Å². The van der Waals surface area contributed by atoms with Gasteiger partial charge in [0.15, 0.2) is 0 Å². The number of ether oxygens (including phenoxy) is 1. The van der Waals surface area contributed by atoms with E-state index in [9.17, 15) is 4.79 Å². The Morgan fingerprint density at radius 1 is 1.53 bits per heavy atom. The minimum absolute atomic E-state index is 0.110. The van der Waals surface area contributed by atoms with Crippen LogP contribution in [0.25, 0.3) is 0 Å². The second kappa shape index (κ2) is 7.12. The van der Waals surface area contributed by atoms with Crippen LogP contribution in [0.3, 0.4) is 0 Å². The molecule has 0 aromatic carbocycles. The molecule has 0 spiro atoms. The molecule has 0 aromatic heterocycles. The standard InChI is InChI=1S/C11H21NO2S/c1-3-7-12-9-5-4-6-10(9)15-8-11(13)14-2/h9-10,12H,3-8H2,1-2H3. The lowest BCUT2D eigenvalue weighted by Gasteiger charge is -2.19. The van der Waals surface area contributed by atoms with Crippen LogP contribution < -0.4 is 5.32 Å². The predicted molar refractivity (Wildman–Crippen MR) is 64.2 cm³/mol. The summed E-state index contributed by atoms with van der Waals surface area (Å²) in [6.45, 7) is 3.26. The fraction of sp³-hybridized carbons (Fsp3) is 0.909. The number of carbonyl (C=O) groups is 1. The lowest BCUT2D eigenvalue weighted by molar-refractivity contribution is -0.137. The molecule has 0 amide bonds. The lowest BCUT2D eigenvalue weighted by Crippen LogP contribution is -2.35. The van der Waals surface area contributed by atoms with E-state index in [1.165, 1.54) is 32.8 Å². The fourth-order valence-corrected chi connectivity index (χ4v) is 3.19. The van der Waals surface area contributed by atoms with Gasteiger partial charge in [-0.05, 0) is 25.8 Å². The summed E-state index contributed by atoms with van der Waals surface area (Å²) in [5.74, 6) is 0.381. The molecule has 4 heteroatoms. The van der Waals surface area contributed by atoms with E-state index in [2.05, 4.69) is 17.0 Å². The first-order chi connectivity index (χ1) is 7.27. The molecule has 0 saturated heterocycles. The molecular formula is C11H21NO2S. The quantitative estimate of drug-likeness (QED) is 0.708. The highest BCUT2D eigenvalue weighted by atomic mass is 32.2. The minimum Gasteiger partial charge on any atom is -0.468 e. The summed E-state index contributed by atoms with van der Waals surface area (Å²) in [7, 11) is 1.45. The van der Waals surface area contributed by atoms with Crippen molar-refractivity contribution in [2.45, 2.75) is 43.9 Å². The molecule has 1 saturated carbocycles. The number of methoxy groups -OCH3 is 1. The number of nitrogens with one attached hydrogen (secondary N) is 1. The molecule has 0 aliphatic heterocycles. The van der Waals surface area contributed by atoms with E-state index in [4.69, 9.17) is 0 Å². The first kappa shape index (κ1) is 12.8. The SMILES string of the molecule is CCCNC1CCCC1SCC(=O)OC. The number of carbonyl (C=O) groups excluding carboxylic acids is 1. The Bertz CT molecular complexity index is 199. The maximum atomic E-state index is 11.0. The average Bonchev–Trinajstić information content (AvgIpc) is 2.70. The monoisotopic (exact) mass is 231 g/mol. The number of esters is 1. The van der Waals surface area contributed by atoms with Crippen LogP contribution in [0.5, 0.6) is 0 Å². The Morgan fingerprint density at radius 3 is 3.00 bits per heavy atom. The fourth-order valence-electron chi connectivity index (χ4n) is 1.92. The zero-order chi connectivity index (χ0) is 11.1. The molecule has 3 nitrogen and oxygen atoms in total. The van der Waals surface area contributed by atoms with Gasteiger partial charge in [0.05, 0.1) is 12.9 Å². The van der Waals surface area contributed by atoms with Crippen molar-refractivity contribution in [1.82, 2.24) is 5.32 Å². The summed E-state index contributed by atoms with van der Waals surface area (Å²) in [6, 6.07) is 0.597. The van der Waals surface area contributed by atoms with Gasteiger partial charge >= 0.3 is 5.97 Å². The van der Waals surface area contributed by atoms with Gasteiger partial charge in [0.25, 0.3) is 0 Å². The van der Waals surface area contributed by atoms with Crippen LogP contribution in [0, 0.1) is 0 Å². The summed E-state index contributed by atoms with van der Waals surface area (Å²) in [5.41, 5.74) is 0. The molecule has 1 aliphatic rings. The molecule has 0 radical (unpaired) electrons. The third-order valence-electron chi connectivity index (χ3n) is 2.75. The Hall–Kier alpha value is -0.220. The van der Waals surface area contributed by atoms with Crippen LogP contribution in [-0.4, -0.2) is 36.7 Å². The van der Waals surface area contributed by atoms with Gasteiger partial charge in [-0.2, -0.15) is 0 Å². The average molecular weight is 231 g/mol. The lowest BCUT2D eigenvalue weighted by atomic mass is 10.2. The van der Waals surface area contributed by atoms with Gasteiger partial charge in [-0.25, -0.2) is 0 Å². The van der Waals surface area contributed by atoms with Crippen molar-refractivity contribution in [2.24, 2.45) is 0 Å². The van der Waals surface area contributed by atoms with Crippen LogP contribution in [0.2, 0.25) is 0 Å². The summed E-state index contributed by atoms with van der Waals surface area (Å²) < 4.78 is 4.65. The molecule has 2 unspecified atom stereocenters. The first-order valence-corrected chi connectivity index (χ1v) is 6.74. The predicted octanol–water partition coefficient (Wildman–Crippen LogP) is 1.81. The number of rotatable bonds is 6. The molecule has 0 heterocycles. The van der Waals surface area contributed by atoms with E-state index >= 15 is 0 Å². The van der Waals surface area contributed by atoms with Crippen molar-refractivity contribution >= 4 is 17.7 Å². The van der Waals surface area contributed by atoms with E-state index in [-0.39, 0.29) is 5.97 Å². The Balaban J connectivity index is 2.23. The van der Waals surface area contributed by atoms with E-state index in [0.29, 0.717) is 17.0 Å². The Morgan fingerprint density at radius 2 is 2.33 bits per heavy atom. The van der Waals surface area contributed by atoms with Crippen LogP contribution in [0.4, 0.5) is 0 Å². The topological polar surface area (TPSA) is 38.3 Å². The van der Waals surface area contributed by atoms with Gasteiger partial charge in [-0.15, -0.1) is 11.8 Å². The van der Waals surface area contributed by atoms with Crippen LogP contribution in [0.15, 0.2) is 0 Å². The molecule has 1 N–H and O–H groups in total. The molecule has 1 rings (SSSR count). The highest BCUT2D eigenvalue weighted by molar-refractivity contribution is 8.00. The maximum absolute atomic E-state index is 11.0. The molecule has 0 bridgehead atoms. The summed E-state index contributed by atoms with van der Waals surface area (Å²) in [4.78, 5) is 11.0. The third kappa shape index (κ3) is 4.43. The molecule has 1 fully saturated rings. The van der Waals surface area contributed by atoms with Gasteiger partial charge in [-0.3, -0.25) is 4.79 Å². The Kier molecular flexibility index (Phi) is 6.10. The van der Waals surface area contributed by atoms with Crippen LogP contribution in [-0.2, 0) is 9.53 Å². The van der Waals surface area contributed by atoms with Gasteiger partial charge < -0.3 is 10.1 Å². The molecule has 0 aromatic rings. The smallest absolute Gasteiger partial charge is 0.315 e. The van der Waals surface area contributed by atoms with Crippen molar-refractivity contribution < 1.29 is 9.53 Å². The van der Waals surface area contributed by atoms with Gasteiger partial charge in [0.2, 0.25) is 0 Å². The summed E-state index contributed by atoms with van der Waals surface area (Å²) in [5, 5.41) is 4.14. The molecule has 15 heavy (non-hydrogen) atoms. The Labute approximate surface area is 96.3 Å². The highest BCUT2D eigenvalue weighted by Crippen LogP contribution is 2.30.